The molecule has 0 bridgehead atoms. The van der Waals surface area contributed by atoms with Crippen molar-refractivity contribution in [3.63, 3.8) is 0 Å². The number of imidazole rings is 1. The molecule has 3 nitrogen and oxygen atoms in total. The lowest BCUT2D eigenvalue weighted by Crippen LogP contribution is -2.34. The van der Waals surface area contributed by atoms with Gasteiger partial charge < -0.3 is 9.88 Å². The fourth-order valence-electron chi connectivity index (χ4n) is 2.36. The molecule has 1 aliphatic rings. The third-order valence-electron chi connectivity index (χ3n) is 3.17. The van der Waals surface area contributed by atoms with E-state index in [9.17, 15) is 0 Å². The zero-order chi connectivity index (χ0) is 11.0. The lowest BCUT2D eigenvalue weighted by atomic mass is 9.95. The first-order valence-electron chi connectivity index (χ1n) is 5.90. The molecule has 2 rings (SSSR count). The topological polar surface area (TPSA) is 29.9 Å². The fraction of sp³-hybridized carbons (Fsp3) is 0.750. The monoisotopic (exact) mass is 207 g/mol. The lowest BCUT2D eigenvalue weighted by Gasteiger charge is -2.27. The quantitative estimate of drug-likeness (QED) is 0.806. The summed E-state index contributed by atoms with van der Waals surface area (Å²) in [5, 5.41) is 3.55. The van der Waals surface area contributed by atoms with E-state index in [2.05, 4.69) is 42.6 Å². The lowest BCUT2D eigenvalue weighted by molar-refractivity contribution is 0.381. The summed E-state index contributed by atoms with van der Waals surface area (Å²) in [6, 6.07) is 0.959. The molecule has 1 N–H and O–H groups in total. The summed E-state index contributed by atoms with van der Waals surface area (Å²) in [4.78, 5) is 4.58. The number of hydrogen-bond donors (Lipinski definition) is 1. The zero-order valence-corrected chi connectivity index (χ0v) is 10.1. The summed E-state index contributed by atoms with van der Waals surface area (Å²) in [5.41, 5.74) is 2.70. The van der Waals surface area contributed by atoms with Crippen LogP contribution in [0.25, 0.3) is 0 Å². The molecule has 84 valence electrons. The van der Waals surface area contributed by atoms with Gasteiger partial charge in [-0.15, -0.1) is 0 Å². The number of nitrogens with zero attached hydrogens (tertiary/aromatic N) is 2. The Morgan fingerprint density at radius 1 is 1.40 bits per heavy atom. The van der Waals surface area contributed by atoms with Crippen molar-refractivity contribution in [2.45, 2.75) is 46.2 Å². The van der Waals surface area contributed by atoms with E-state index in [1.165, 1.54) is 11.4 Å². The molecule has 0 fully saturated rings. The molecule has 1 unspecified atom stereocenters. The normalized spacial score (nSPS) is 21.1. The van der Waals surface area contributed by atoms with Gasteiger partial charge in [-0.1, -0.05) is 13.8 Å². The number of nitrogens with one attached hydrogen (secondary N) is 1. The van der Waals surface area contributed by atoms with E-state index in [0.717, 1.165) is 13.0 Å². The number of aromatic nitrogens is 2. The van der Waals surface area contributed by atoms with Crippen LogP contribution in [0.1, 0.15) is 51.2 Å². The average molecular weight is 207 g/mol. The molecule has 0 radical (unpaired) electrons. The van der Waals surface area contributed by atoms with Crippen LogP contribution in [0.2, 0.25) is 0 Å². The van der Waals surface area contributed by atoms with Crippen LogP contribution >= 0.6 is 0 Å². The fourth-order valence-corrected chi connectivity index (χ4v) is 2.36. The van der Waals surface area contributed by atoms with Gasteiger partial charge in [-0.3, -0.25) is 0 Å². The standard InChI is InChI=1S/C12H21N3/c1-8(2)11-12-10(5-6-13-11)15(7-14-12)9(3)4/h7-9,11,13H,5-6H2,1-4H3. The third kappa shape index (κ3) is 1.81. The zero-order valence-electron chi connectivity index (χ0n) is 10.1. The van der Waals surface area contributed by atoms with Gasteiger partial charge in [-0.05, 0) is 19.8 Å². The van der Waals surface area contributed by atoms with Crippen LogP contribution in [0.3, 0.4) is 0 Å². The predicted octanol–water partition coefficient (Wildman–Crippen LogP) is 2.31. The molecule has 1 atom stereocenters. The van der Waals surface area contributed by atoms with Crippen LogP contribution in [-0.2, 0) is 6.42 Å². The molecule has 0 saturated heterocycles. The van der Waals surface area contributed by atoms with Crippen LogP contribution < -0.4 is 5.32 Å². The van der Waals surface area contributed by atoms with Crippen LogP contribution in [0.15, 0.2) is 6.33 Å². The molecule has 0 saturated carbocycles. The highest BCUT2D eigenvalue weighted by molar-refractivity contribution is 5.22. The predicted molar refractivity (Wildman–Crippen MR) is 61.9 cm³/mol. The van der Waals surface area contributed by atoms with Gasteiger partial charge >= 0.3 is 0 Å². The maximum absolute atomic E-state index is 4.58. The van der Waals surface area contributed by atoms with Crippen LogP contribution in [0, 0.1) is 5.92 Å². The molecule has 0 aromatic carbocycles. The third-order valence-corrected chi connectivity index (χ3v) is 3.17. The molecule has 1 aromatic heterocycles. The van der Waals surface area contributed by atoms with E-state index in [-0.39, 0.29) is 0 Å². The van der Waals surface area contributed by atoms with Crippen LogP contribution in [0.4, 0.5) is 0 Å². The SMILES string of the molecule is CC(C)C1NCCc2c1ncn2C(C)C. The van der Waals surface area contributed by atoms with Gasteiger partial charge in [0.1, 0.15) is 0 Å². The second-order valence-electron chi connectivity index (χ2n) is 5.00. The Labute approximate surface area is 91.9 Å². The summed E-state index contributed by atoms with van der Waals surface area (Å²) in [6.45, 7) is 10.0. The van der Waals surface area contributed by atoms with Gasteiger partial charge in [0, 0.05) is 24.7 Å². The molecule has 0 spiro atoms. The smallest absolute Gasteiger partial charge is 0.0954 e. The van der Waals surface area contributed by atoms with Crippen molar-refractivity contribution in [3.05, 3.63) is 17.7 Å². The first kappa shape index (κ1) is 10.7. The van der Waals surface area contributed by atoms with Crippen molar-refractivity contribution < 1.29 is 0 Å². The van der Waals surface area contributed by atoms with E-state index < -0.39 is 0 Å². The first-order valence-corrected chi connectivity index (χ1v) is 5.90. The molecular formula is C12H21N3. The van der Waals surface area contributed by atoms with Gasteiger partial charge in [0.25, 0.3) is 0 Å². The highest BCUT2D eigenvalue weighted by Gasteiger charge is 2.26. The Balaban J connectivity index is 2.38. The molecule has 1 aromatic rings. The maximum atomic E-state index is 4.58. The Kier molecular flexibility index (Phi) is 2.83. The van der Waals surface area contributed by atoms with Gasteiger partial charge in [0.05, 0.1) is 18.1 Å². The van der Waals surface area contributed by atoms with Crippen molar-refractivity contribution in [3.8, 4) is 0 Å². The molecular weight excluding hydrogens is 186 g/mol. The molecule has 3 heteroatoms. The summed E-state index contributed by atoms with van der Waals surface area (Å²) in [6.07, 6.45) is 3.11. The van der Waals surface area contributed by atoms with Gasteiger partial charge in [0.15, 0.2) is 0 Å². The Morgan fingerprint density at radius 3 is 2.73 bits per heavy atom. The van der Waals surface area contributed by atoms with Gasteiger partial charge in [-0.25, -0.2) is 4.98 Å². The highest BCUT2D eigenvalue weighted by atomic mass is 15.1. The Morgan fingerprint density at radius 2 is 2.13 bits per heavy atom. The van der Waals surface area contributed by atoms with Gasteiger partial charge in [0.2, 0.25) is 0 Å². The summed E-state index contributed by atoms with van der Waals surface area (Å²) >= 11 is 0. The number of fused-ring (bicyclic) bond motifs is 1. The largest absolute Gasteiger partial charge is 0.332 e. The van der Waals surface area contributed by atoms with E-state index in [1.54, 1.807) is 0 Å². The minimum Gasteiger partial charge on any atom is -0.332 e. The minimum absolute atomic E-state index is 0.439. The average Bonchev–Trinajstić information content (AvgIpc) is 2.59. The van der Waals surface area contributed by atoms with E-state index >= 15 is 0 Å². The maximum Gasteiger partial charge on any atom is 0.0954 e. The van der Waals surface area contributed by atoms with Crippen LogP contribution in [0.5, 0.6) is 0 Å². The summed E-state index contributed by atoms with van der Waals surface area (Å²) in [5.74, 6) is 0.611. The first-order chi connectivity index (χ1) is 7.11. The number of rotatable bonds is 2. The van der Waals surface area contributed by atoms with Crippen molar-refractivity contribution in [1.82, 2.24) is 14.9 Å². The Bertz CT molecular complexity index is 339. The summed E-state index contributed by atoms with van der Waals surface area (Å²) in [7, 11) is 0. The van der Waals surface area contributed by atoms with E-state index in [4.69, 9.17) is 0 Å². The van der Waals surface area contributed by atoms with Crippen molar-refractivity contribution >= 4 is 0 Å². The van der Waals surface area contributed by atoms with Crippen LogP contribution in [-0.4, -0.2) is 16.1 Å². The second-order valence-corrected chi connectivity index (χ2v) is 5.00. The molecule has 15 heavy (non-hydrogen) atoms. The van der Waals surface area contributed by atoms with Gasteiger partial charge in [-0.2, -0.15) is 0 Å². The molecule has 0 amide bonds. The molecule has 1 aliphatic heterocycles. The number of hydrogen-bond acceptors (Lipinski definition) is 2. The van der Waals surface area contributed by atoms with Crippen molar-refractivity contribution in [1.29, 1.82) is 0 Å². The van der Waals surface area contributed by atoms with E-state index in [1.807, 2.05) is 6.33 Å². The highest BCUT2D eigenvalue weighted by Crippen LogP contribution is 2.28. The van der Waals surface area contributed by atoms with Crippen molar-refractivity contribution in [2.24, 2.45) is 5.92 Å². The molecule has 2 heterocycles. The van der Waals surface area contributed by atoms with Crippen molar-refractivity contribution in [2.75, 3.05) is 6.54 Å². The molecule has 0 aliphatic carbocycles. The van der Waals surface area contributed by atoms with E-state index in [0.29, 0.717) is 18.0 Å². The Hall–Kier alpha value is -0.830. The summed E-state index contributed by atoms with van der Waals surface area (Å²) < 4.78 is 2.31. The minimum atomic E-state index is 0.439. The second kappa shape index (κ2) is 3.97.